The van der Waals surface area contributed by atoms with Crippen LogP contribution in [0, 0.1) is 6.92 Å². The Kier molecular flexibility index (Phi) is 2.36. The number of fused-ring (bicyclic) bond motifs is 2. The maximum absolute atomic E-state index is 4.88. The van der Waals surface area contributed by atoms with Crippen LogP contribution in [0.5, 0.6) is 0 Å². The quantitative estimate of drug-likeness (QED) is 0.729. The van der Waals surface area contributed by atoms with E-state index in [1.165, 1.54) is 22.3 Å². The number of hydrogen-bond donors (Lipinski definition) is 1. The lowest BCUT2D eigenvalue weighted by atomic mass is 10.0. The molecule has 1 aliphatic heterocycles. The van der Waals surface area contributed by atoms with Gasteiger partial charge in [-0.15, -0.1) is 0 Å². The van der Waals surface area contributed by atoms with E-state index >= 15 is 0 Å². The van der Waals surface area contributed by atoms with Gasteiger partial charge < -0.3 is 9.88 Å². The summed E-state index contributed by atoms with van der Waals surface area (Å²) in [5.41, 5.74) is 6.14. The molecular weight excluding hydrogens is 246 g/mol. The van der Waals surface area contributed by atoms with Crippen molar-refractivity contribution in [2.24, 2.45) is 7.05 Å². The highest BCUT2D eigenvalue weighted by Gasteiger charge is 2.27. The minimum atomic E-state index is 0.337. The van der Waals surface area contributed by atoms with Gasteiger partial charge in [-0.1, -0.05) is 24.3 Å². The Bertz CT molecular complexity index is 801. The van der Waals surface area contributed by atoms with Gasteiger partial charge in [-0.3, -0.25) is 0 Å². The van der Waals surface area contributed by atoms with Gasteiger partial charge in [-0.25, -0.2) is 4.98 Å². The number of anilines is 1. The van der Waals surface area contributed by atoms with E-state index in [9.17, 15) is 0 Å². The van der Waals surface area contributed by atoms with Crippen molar-refractivity contribution in [3.05, 3.63) is 59.4 Å². The molecular formula is C17H17N3. The zero-order valence-corrected chi connectivity index (χ0v) is 11.7. The first kappa shape index (κ1) is 11.5. The SMILES string of the molecule is Cc1ccc2c(c1)nc(C1CNc3ccccc31)n2C. The van der Waals surface area contributed by atoms with Gasteiger partial charge in [0.25, 0.3) is 0 Å². The van der Waals surface area contributed by atoms with Crippen LogP contribution in [0.4, 0.5) is 5.69 Å². The van der Waals surface area contributed by atoms with Crippen LogP contribution in [0.2, 0.25) is 0 Å². The molecule has 20 heavy (non-hydrogen) atoms. The predicted octanol–water partition coefficient (Wildman–Crippen LogP) is 3.44. The molecule has 1 aromatic heterocycles. The van der Waals surface area contributed by atoms with Crippen molar-refractivity contribution in [3.8, 4) is 0 Å². The molecule has 0 saturated carbocycles. The van der Waals surface area contributed by atoms with E-state index in [0.717, 1.165) is 17.9 Å². The van der Waals surface area contributed by atoms with Crippen molar-refractivity contribution in [1.29, 1.82) is 0 Å². The summed E-state index contributed by atoms with van der Waals surface area (Å²) in [6.45, 7) is 3.04. The first-order valence-corrected chi connectivity index (χ1v) is 7.00. The van der Waals surface area contributed by atoms with E-state index in [0.29, 0.717) is 5.92 Å². The maximum atomic E-state index is 4.88. The molecule has 0 radical (unpaired) electrons. The van der Waals surface area contributed by atoms with E-state index in [1.54, 1.807) is 0 Å². The summed E-state index contributed by atoms with van der Waals surface area (Å²) in [6.07, 6.45) is 0. The topological polar surface area (TPSA) is 29.9 Å². The number of para-hydroxylation sites is 1. The molecule has 0 aliphatic carbocycles. The van der Waals surface area contributed by atoms with Crippen LogP contribution in [0.3, 0.4) is 0 Å². The van der Waals surface area contributed by atoms with Gasteiger partial charge in [0.15, 0.2) is 0 Å². The molecule has 4 rings (SSSR count). The number of nitrogens with one attached hydrogen (secondary N) is 1. The van der Waals surface area contributed by atoms with E-state index < -0.39 is 0 Å². The first-order chi connectivity index (χ1) is 9.74. The van der Waals surface area contributed by atoms with Gasteiger partial charge in [0.2, 0.25) is 0 Å². The molecule has 2 aromatic carbocycles. The Morgan fingerprint density at radius 2 is 2.05 bits per heavy atom. The highest BCUT2D eigenvalue weighted by Crippen LogP contribution is 2.36. The Morgan fingerprint density at radius 3 is 2.95 bits per heavy atom. The van der Waals surface area contributed by atoms with Crippen molar-refractivity contribution < 1.29 is 0 Å². The number of aryl methyl sites for hydroxylation is 2. The second-order valence-electron chi connectivity index (χ2n) is 5.54. The van der Waals surface area contributed by atoms with E-state index in [1.807, 2.05) is 0 Å². The second kappa shape index (κ2) is 4.10. The molecule has 0 saturated heterocycles. The number of aromatic nitrogens is 2. The lowest BCUT2D eigenvalue weighted by Gasteiger charge is -2.10. The van der Waals surface area contributed by atoms with Gasteiger partial charge in [-0.2, -0.15) is 0 Å². The fourth-order valence-electron chi connectivity index (χ4n) is 3.15. The fraction of sp³-hybridized carbons (Fsp3) is 0.235. The molecule has 0 fully saturated rings. The van der Waals surface area contributed by atoms with Crippen LogP contribution in [0.15, 0.2) is 42.5 Å². The number of imidazole rings is 1. The second-order valence-corrected chi connectivity index (χ2v) is 5.54. The lowest BCUT2D eigenvalue weighted by molar-refractivity contribution is 0.748. The summed E-state index contributed by atoms with van der Waals surface area (Å²) < 4.78 is 2.23. The Labute approximate surface area is 118 Å². The van der Waals surface area contributed by atoms with Gasteiger partial charge in [0, 0.05) is 19.3 Å². The van der Waals surface area contributed by atoms with Crippen molar-refractivity contribution in [3.63, 3.8) is 0 Å². The Hall–Kier alpha value is -2.29. The summed E-state index contributed by atoms with van der Waals surface area (Å²) in [6, 6.07) is 15.0. The molecule has 1 aliphatic rings. The van der Waals surface area contributed by atoms with E-state index in [2.05, 4.69) is 66.3 Å². The zero-order chi connectivity index (χ0) is 13.7. The molecule has 3 heteroatoms. The van der Waals surface area contributed by atoms with Crippen LogP contribution in [0.1, 0.15) is 22.9 Å². The highest BCUT2D eigenvalue weighted by atomic mass is 15.1. The number of benzene rings is 2. The molecule has 0 bridgehead atoms. The largest absolute Gasteiger partial charge is 0.384 e. The third-order valence-corrected chi connectivity index (χ3v) is 4.22. The summed E-state index contributed by atoms with van der Waals surface area (Å²) in [4.78, 5) is 4.88. The van der Waals surface area contributed by atoms with Gasteiger partial charge in [0.05, 0.1) is 17.0 Å². The standard InChI is InChI=1S/C17H17N3/c1-11-7-8-16-15(9-11)19-17(20(16)2)13-10-18-14-6-4-3-5-12(13)14/h3-9,13,18H,10H2,1-2H3. The maximum Gasteiger partial charge on any atom is 0.119 e. The van der Waals surface area contributed by atoms with Crippen molar-refractivity contribution in [1.82, 2.24) is 9.55 Å². The summed E-state index contributed by atoms with van der Waals surface area (Å²) in [7, 11) is 2.11. The first-order valence-electron chi connectivity index (χ1n) is 7.00. The highest BCUT2D eigenvalue weighted by molar-refractivity contribution is 5.77. The monoisotopic (exact) mass is 263 g/mol. The van der Waals surface area contributed by atoms with Crippen molar-refractivity contribution in [2.45, 2.75) is 12.8 Å². The molecule has 100 valence electrons. The molecule has 0 spiro atoms. The average molecular weight is 263 g/mol. The van der Waals surface area contributed by atoms with Crippen LogP contribution >= 0.6 is 0 Å². The number of hydrogen-bond acceptors (Lipinski definition) is 2. The third kappa shape index (κ3) is 1.56. The molecule has 1 atom stereocenters. The Morgan fingerprint density at radius 1 is 1.20 bits per heavy atom. The predicted molar refractivity (Wildman–Crippen MR) is 82.2 cm³/mol. The minimum Gasteiger partial charge on any atom is -0.384 e. The molecule has 3 nitrogen and oxygen atoms in total. The van der Waals surface area contributed by atoms with Gasteiger partial charge >= 0.3 is 0 Å². The van der Waals surface area contributed by atoms with Crippen LogP contribution in [-0.4, -0.2) is 16.1 Å². The average Bonchev–Trinajstić information content (AvgIpc) is 3.00. The van der Waals surface area contributed by atoms with Crippen molar-refractivity contribution >= 4 is 16.7 Å². The minimum absolute atomic E-state index is 0.337. The normalized spacial score (nSPS) is 17.2. The van der Waals surface area contributed by atoms with E-state index in [-0.39, 0.29) is 0 Å². The third-order valence-electron chi connectivity index (χ3n) is 4.22. The van der Waals surface area contributed by atoms with Crippen LogP contribution in [0.25, 0.3) is 11.0 Å². The molecule has 2 heterocycles. The molecule has 1 N–H and O–H groups in total. The van der Waals surface area contributed by atoms with Crippen molar-refractivity contribution in [2.75, 3.05) is 11.9 Å². The Balaban J connectivity index is 1.90. The molecule has 0 amide bonds. The van der Waals surface area contributed by atoms with Crippen LogP contribution < -0.4 is 5.32 Å². The summed E-state index contributed by atoms with van der Waals surface area (Å²) in [5, 5.41) is 3.48. The summed E-state index contributed by atoms with van der Waals surface area (Å²) in [5.74, 6) is 1.48. The van der Waals surface area contributed by atoms with Gasteiger partial charge in [-0.05, 0) is 36.2 Å². The van der Waals surface area contributed by atoms with Gasteiger partial charge in [0.1, 0.15) is 5.82 Å². The zero-order valence-electron chi connectivity index (χ0n) is 11.7. The smallest absolute Gasteiger partial charge is 0.119 e. The molecule has 1 unspecified atom stereocenters. The molecule has 3 aromatic rings. The fourth-order valence-corrected chi connectivity index (χ4v) is 3.15. The summed E-state index contributed by atoms with van der Waals surface area (Å²) >= 11 is 0. The van der Waals surface area contributed by atoms with Crippen LogP contribution in [-0.2, 0) is 7.05 Å². The lowest BCUT2D eigenvalue weighted by Crippen LogP contribution is -2.09. The van der Waals surface area contributed by atoms with E-state index in [4.69, 9.17) is 4.98 Å². The number of nitrogens with zero attached hydrogens (tertiary/aromatic N) is 2. The number of rotatable bonds is 1.